The molecule has 1 rings (SSSR count). The first-order valence-corrected chi connectivity index (χ1v) is 6.10. The molecule has 0 fully saturated rings. The first-order valence-electron chi connectivity index (χ1n) is 6.10. The predicted molar refractivity (Wildman–Crippen MR) is 74.0 cm³/mol. The Balaban J connectivity index is 2.40. The Kier molecular flexibility index (Phi) is 5.81. The molecule has 0 bridgehead atoms. The average molecular weight is 264 g/mol. The van der Waals surface area contributed by atoms with Crippen LogP contribution in [0.3, 0.4) is 0 Å². The standard InChI is InChI=1S/C13H20N4O2/c14-11-5-3-10(4-6-11)2-1-7-17(8-12(15)18)9-13(16)19/h3-6H,1-2,7-9,14H2,(H2,15,18)(H2,16,19). The van der Waals surface area contributed by atoms with E-state index < -0.39 is 11.8 Å². The van der Waals surface area contributed by atoms with E-state index in [1.165, 1.54) is 0 Å². The molecule has 1 aromatic carbocycles. The zero-order chi connectivity index (χ0) is 14.3. The molecule has 1 aromatic rings. The topological polar surface area (TPSA) is 115 Å². The number of benzene rings is 1. The highest BCUT2D eigenvalue weighted by Crippen LogP contribution is 2.08. The molecule has 2 amide bonds. The quantitative estimate of drug-likeness (QED) is 0.547. The Morgan fingerprint density at radius 2 is 1.53 bits per heavy atom. The van der Waals surface area contributed by atoms with E-state index in [1.807, 2.05) is 24.3 Å². The minimum Gasteiger partial charge on any atom is -0.399 e. The smallest absolute Gasteiger partial charge is 0.231 e. The average Bonchev–Trinajstić information content (AvgIpc) is 2.30. The van der Waals surface area contributed by atoms with Gasteiger partial charge in [0.15, 0.2) is 0 Å². The van der Waals surface area contributed by atoms with Crippen molar-refractivity contribution in [3.05, 3.63) is 29.8 Å². The largest absolute Gasteiger partial charge is 0.399 e. The van der Waals surface area contributed by atoms with Crippen LogP contribution < -0.4 is 17.2 Å². The highest BCUT2D eigenvalue weighted by atomic mass is 16.2. The number of nitrogens with zero attached hydrogens (tertiary/aromatic N) is 1. The van der Waals surface area contributed by atoms with E-state index in [9.17, 15) is 9.59 Å². The van der Waals surface area contributed by atoms with Crippen molar-refractivity contribution in [2.45, 2.75) is 12.8 Å². The molecule has 0 atom stereocenters. The molecule has 6 N–H and O–H groups in total. The second-order valence-electron chi connectivity index (χ2n) is 4.49. The third-order valence-electron chi connectivity index (χ3n) is 2.68. The number of nitrogen functional groups attached to an aromatic ring is 1. The van der Waals surface area contributed by atoms with Crippen LogP contribution >= 0.6 is 0 Å². The van der Waals surface area contributed by atoms with Crippen molar-refractivity contribution in [2.75, 3.05) is 25.4 Å². The van der Waals surface area contributed by atoms with Crippen molar-refractivity contribution in [2.24, 2.45) is 11.5 Å². The van der Waals surface area contributed by atoms with E-state index in [1.54, 1.807) is 4.90 Å². The molecule has 0 heterocycles. The van der Waals surface area contributed by atoms with Crippen LogP contribution in [0.2, 0.25) is 0 Å². The van der Waals surface area contributed by atoms with Gasteiger partial charge in [-0.15, -0.1) is 0 Å². The lowest BCUT2D eigenvalue weighted by atomic mass is 10.1. The first-order chi connectivity index (χ1) is 8.97. The number of aryl methyl sites for hydroxylation is 1. The molecule has 104 valence electrons. The van der Waals surface area contributed by atoms with Crippen LogP contribution in [-0.2, 0) is 16.0 Å². The second kappa shape index (κ2) is 7.38. The molecule has 0 radical (unpaired) electrons. The molecule has 0 saturated heterocycles. The van der Waals surface area contributed by atoms with Crippen LogP contribution in [0.15, 0.2) is 24.3 Å². The van der Waals surface area contributed by atoms with Crippen molar-refractivity contribution in [3.63, 3.8) is 0 Å². The van der Waals surface area contributed by atoms with Gasteiger partial charge in [0.1, 0.15) is 0 Å². The van der Waals surface area contributed by atoms with Gasteiger partial charge in [0.25, 0.3) is 0 Å². The molecule has 0 aliphatic heterocycles. The van der Waals surface area contributed by atoms with Gasteiger partial charge in [0.05, 0.1) is 13.1 Å². The Bertz CT molecular complexity index is 415. The summed E-state index contributed by atoms with van der Waals surface area (Å²) in [6, 6.07) is 7.61. The molecule has 0 aliphatic carbocycles. The minimum atomic E-state index is -0.464. The number of amides is 2. The van der Waals surface area contributed by atoms with Gasteiger partial charge in [-0.05, 0) is 37.1 Å². The molecule has 0 aromatic heterocycles. The van der Waals surface area contributed by atoms with Gasteiger partial charge in [0, 0.05) is 5.69 Å². The van der Waals surface area contributed by atoms with Gasteiger partial charge >= 0.3 is 0 Å². The summed E-state index contributed by atoms with van der Waals surface area (Å²) in [6.07, 6.45) is 1.65. The van der Waals surface area contributed by atoms with Crippen LogP contribution in [-0.4, -0.2) is 36.3 Å². The fourth-order valence-corrected chi connectivity index (χ4v) is 1.85. The Morgan fingerprint density at radius 1 is 1.00 bits per heavy atom. The number of anilines is 1. The Morgan fingerprint density at radius 3 is 2.00 bits per heavy atom. The van der Waals surface area contributed by atoms with Gasteiger partial charge in [-0.25, -0.2) is 0 Å². The number of rotatable bonds is 8. The summed E-state index contributed by atoms with van der Waals surface area (Å²) >= 11 is 0. The maximum absolute atomic E-state index is 10.9. The molecule has 6 heteroatoms. The number of carbonyl (C=O) groups excluding carboxylic acids is 2. The van der Waals surface area contributed by atoms with Crippen LogP contribution in [0.4, 0.5) is 5.69 Å². The van der Waals surface area contributed by atoms with Crippen LogP contribution in [0.5, 0.6) is 0 Å². The van der Waals surface area contributed by atoms with E-state index in [4.69, 9.17) is 17.2 Å². The Hall–Kier alpha value is -2.08. The predicted octanol–water partition coefficient (Wildman–Crippen LogP) is -0.526. The zero-order valence-electron chi connectivity index (χ0n) is 10.8. The summed E-state index contributed by atoms with van der Waals surface area (Å²) in [5, 5.41) is 0. The van der Waals surface area contributed by atoms with E-state index in [-0.39, 0.29) is 13.1 Å². The lowest BCUT2D eigenvalue weighted by Crippen LogP contribution is -2.40. The van der Waals surface area contributed by atoms with Crippen molar-refractivity contribution in [3.8, 4) is 0 Å². The van der Waals surface area contributed by atoms with Gasteiger partial charge in [0.2, 0.25) is 11.8 Å². The van der Waals surface area contributed by atoms with E-state index in [0.29, 0.717) is 6.54 Å². The third kappa shape index (κ3) is 6.42. The van der Waals surface area contributed by atoms with E-state index >= 15 is 0 Å². The van der Waals surface area contributed by atoms with Gasteiger partial charge in [-0.2, -0.15) is 0 Å². The normalized spacial score (nSPS) is 10.6. The minimum absolute atomic E-state index is 0.0463. The lowest BCUT2D eigenvalue weighted by Gasteiger charge is -2.18. The van der Waals surface area contributed by atoms with E-state index in [2.05, 4.69) is 0 Å². The fourth-order valence-electron chi connectivity index (χ4n) is 1.85. The number of hydrogen-bond donors (Lipinski definition) is 3. The molecular weight excluding hydrogens is 244 g/mol. The van der Waals surface area contributed by atoms with Crippen LogP contribution in [0.25, 0.3) is 0 Å². The summed E-state index contributed by atoms with van der Waals surface area (Å²) in [7, 11) is 0. The summed E-state index contributed by atoms with van der Waals surface area (Å²) in [6.45, 7) is 0.686. The molecule has 0 unspecified atom stereocenters. The summed E-state index contributed by atoms with van der Waals surface area (Å²) < 4.78 is 0. The number of hydrogen-bond acceptors (Lipinski definition) is 4. The summed E-state index contributed by atoms with van der Waals surface area (Å²) in [4.78, 5) is 23.4. The molecular formula is C13H20N4O2. The monoisotopic (exact) mass is 264 g/mol. The van der Waals surface area contributed by atoms with Crippen molar-refractivity contribution in [1.29, 1.82) is 0 Å². The highest BCUT2D eigenvalue weighted by molar-refractivity contribution is 5.79. The number of primary amides is 2. The lowest BCUT2D eigenvalue weighted by molar-refractivity contribution is -0.121. The van der Waals surface area contributed by atoms with Crippen LogP contribution in [0.1, 0.15) is 12.0 Å². The highest BCUT2D eigenvalue weighted by Gasteiger charge is 2.10. The number of carbonyl (C=O) groups is 2. The van der Waals surface area contributed by atoms with Crippen molar-refractivity contribution >= 4 is 17.5 Å². The first kappa shape index (κ1) is 15.0. The fraction of sp³-hybridized carbons (Fsp3) is 0.385. The molecule has 0 saturated carbocycles. The maximum atomic E-state index is 10.9. The zero-order valence-corrected chi connectivity index (χ0v) is 10.8. The summed E-state index contributed by atoms with van der Waals surface area (Å²) in [5.74, 6) is -0.928. The molecule has 0 spiro atoms. The van der Waals surface area contributed by atoms with Crippen molar-refractivity contribution < 1.29 is 9.59 Å². The van der Waals surface area contributed by atoms with E-state index in [0.717, 1.165) is 24.1 Å². The molecule has 0 aliphatic rings. The molecule has 6 nitrogen and oxygen atoms in total. The molecule has 19 heavy (non-hydrogen) atoms. The Labute approximate surface area is 112 Å². The van der Waals surface area contributed by atoms with Crippen molar-refractivity contribution in [1.82, 2.24) is 4.90 Å². The second-order valence-corrected chi connectivity index (χ2v) is 4.49. The summed E-state index contributed by atoms with van der Waals surface area (Å²) in [5.41, 5.74) is 17.7. The van der Waals surface area contributed by atoms with Gasteiger partial charge < -0.3 is 17.2 Å². The van der Waals surface area contributed by atoms with Crippen LogP contribution in [0, 0.1) is 0 Å². The number of nitrogens with two attached hydrogens (primary N) is 3. The maximum Gasteiger partial charge on any atom is 0.231 e. The third-order valence-corrected chi connectivity index (χ3v) is 2.68. The van der Waals surface area contributed by atoms with Gasteiger partial charge in [-0.3, -0.25) is 14.5 Å². The SMILES string of the molecule is NC(=O)CN(CCCc1ccc(N)cc1)CC(N)=O. The van der Waals surface area contributed by atoms with Gasteiger partial charge in [-0.1, -0.05) is 12.1 Å².